The number of carbonyl (C=O) groups excluding carboxylic acids is 2. The third-order valence-electron chi connectivity index (χ3n) is 4.97. The van der Waals surface area contributed by atoms with Crippen LogP contribution in [0.4, 0.5) is 11.4 Å². The molecule has 0 bridgehead atoms. The lowest BCUT2D eigenvalue weighted by molar-refractivity contribution is -0.122. The highest BCUT2D eigenvalue weighted by Crippen LogP contribution is 2.30. The molecule has 0 spiro atoms. The minimum atomic E-state index is -0.458. The van der Waals surface area contributed by atoms with Crippen LogP contribution in [-0.2, 0) is 22.4 Å². The van der Waals surface area contributed by atoms with Crippen LogP contribution in [0.15, 0.2) is 41.5 Å². The smallest absolute Gasteiger partial charge is 0.229 e. The van der Waals surface area contributed by atoms with Crippen LogP contribution >= 0.6 is 0 Å². The Morgan fingerprint density at radius 2 is 2.00 bits per heavy atom. The number of amides is 2. The summed E-state index contributed by atoms with van der Waals surface area (Å²) in [6, 6.07) is 7.47. The van der Waals surface area contributed by atoms with E-state index in [9.17, 15) is 14.4 Å². The number of hydrogen-bond acceptors (Lipinski definition) is 3. The first kappa shape index (κ1) is 15.6. The number of rotatable bonds is 3. The fourth-order valence-corrected chi connectivity index (χ4v) is 3.61. The van der Waals surface area contributed by atoms with Gasteiger partial charge < -0.3 is 15.2 Å². The van der Waals surface area contributed by atoms with Gasteiger partial charge in [0.1, 0.15) is 5.69 Å². The molecule has 6 heteroatoms. The molecule has 4 rings (SSSR count). The molecule has 1 aliphatic carbocycles. The Bertz CT molecular complexity index is 903. The quantitative estimate of drug-likeness (QED) is 0.897. The van der Waals surface area contributed by atoms with E-state index in [0.717, 1.165) is 24.9 Å². The van der Waals surface area contributed by atoms with Crippen molar-refractivity contribution in [3.63, 3.8) is 0 Å². The Balaban J connectivity index is 1.49. The summed E-state index contributed by atoms with van der Waals surface area (Å²) in [7, 11) is 0. The molecule has 1 saturated heterocycles. The number of carbonyl (C=O) groups is 2. The van der Waals surface area contributed by atoms with Crippen molar-refractivity contribution in [2.45, 2.75) is 25.7 Å². The molecule has 0 unspecified atom stereocenters. The van der Waals surface area contributed by atoms with Gasteiger partial charge in [0.25, 0.3) is 0 Å². The number of benzene rings is 1. The second-order valence-electron chi connectivity index (χ2n) is 6.62. The number of aryl methyl sites for hydroxylation is 2. The molecule has 2 aromatic rings. The summed E-state index contributed by atoms with van der Waals surface area (Å²) in [6.07, 6.45) is 6.42. The number of pyridine rings is 1. The molecular formula is C19H19N3O3. The van der Waals surface area contributed by atoms with Crippen LogP contribution in [0.2, 0.25) is 0 Å². The van der Waals surface area contributed by atoms with E-state index in [1.165, 1.54) is 29.6 Å². The van der Waals surface area contributed by atoms with Gasteiger partial charge in [-0.1, -0.05) is 6.07 Å². The van der Waals surface area contributed by atoms with Gasteiger partial charge in [0.2, 0.25) is 17.2 Å². The highest BCUT2D eigenvalue weighted by molar-refractivity contribution is 6.03. The van der Waals surface area contributed by atoms with E-state index >= 15 is 0 Å². The molecule has 6 nitrogen and oxygen atoms in total. The van der Waals surface area contributed by atoms with Gasteiger partial charge >= 0.3 is 0 Å². The molecule has 1 aromatic carbocycles. The van der Waals surface area contributed by atoms with Crippen molar-refractivity contribution in [1.82, 2.24) is 4.98 Å². The zero-order chi connectivity index (χ0) is 17.4. The summed E-state index contributed by atoms with van der Waals surface area (Å²) in [5.41, 5.74) is 3.46. The Hall–Kier alpha value is -2.89. The van der Waals surface area contributed by atoms with Gasteiger partial charge in [-0.25, -0.2) is 0 Å². The van der Waals surface area contributed by atoms with Crippen LogP contribution < -0.4 is 15.6 Å². The first-order chi connectivity index (χ1) is 12.1. The van der Waals surface area contributed by atoms with Crippen LogP contribution in [0, 0.1) is 5.92 Å². The van der Waals surface area contributed by atoms with Crippen molar-refractivity contribution >= 4 is 23.2 Å². The topological polar surface area (TPSA) is 82.3 Å². The number of nitrogens with zero attached hydrogens (tertiary/aromatic N) is 1. The number of fused-ring (bicyclic) bond motifs is 1. The Labute approximate surface area is 144 Å². The second-order valence-corrected chi connectivity index (χ2v) is 6.62. The zero-order valence-corrected chi connectivity index (χ0v) is 13.7. The number of anilines is 2. The molecule has 128 valence electrons. The molecule has 0 radical (unpaired) electrons. The summed E-state index contributed by atoms with van der Waals surface area (Å²) in [6.45, 7) is 0.341. The molecule has 2 aliphatic rings. The first-order valence-electron chi connectivity index (χ1n) is 8.52. The third-order valence-corrected chi connectivity index (χ3v) is 4.97. The maximum absolute atomic E-state index is 12.4. The molecule has 1 aromatic heterocycles. The maximum atomic E-state index is 12.4. The number of H-pyrrole nitrogens is 1. The van der Waals surface area contributed by atoms with Crippen LogP contribution in [-0.4, -0.2) is 23.3 Å². The zero-order valence-electron chi connectivity index (χ0n) is 13.7. The lowest BCUT2D eigenvalue weighted by Gasteiger charge is -2.18. The molecular weight excluding hydrogens is 318 g/mol. The standard InChI is InChI=1S/C19H19N3O3/c23-17-6-7-20-10-16(17)21-19(25)14-9-18(24)22(11-14)15-5-4-12-2-1-3-13(12)8-15/h4-8,10,14H,1-3,9,11H2,(H,20,23)(H,21,25)/t14-/m1/s1. The molecule has 1 atom stereocenters. The molecule has 1 fully saturated rings. The normalized spacial score (nSPS) is 19.1. The Morgan fingerprint density at radius 3 is 2.84 bits per heavy atom. The average molecular weight is 337 g/mol. The van der Waals surface area contributed by atoms with Crippen LogP contribution in [0.5, 0.6) is 0 Å². The average Bonchev–Trinajstić information content (AvgIpc) is 3.22. The van der Waals surface area contributed by atoms with E-state index in [0.29, 0.717) is 6.54 Å². The van der Waals surface area contributed by atoms with Gasteiger partial charge in [0.15, 0.2) is 0 Å². The maximum Gasteiger partial charge on any atom is 0.229 e. The molecule has 25 heavy (non-hydrogen) atoms. The number of hydrogen-bond donors (Lipinski definition) is 2. The summed E-state index contributed by atoms with van der Waals surface area (Å²) >= 11 is 0. The fraction of sp³-hybridized carbons (Fsp3) is 0.316. The van der Waals surface area contributed by atoms with Crippen LogP contribution in [0.25, 0.3) is 0 Å². The Kier molecular flexibility index (Phi) is 3.87. The lowest BCUT2D eigenvalue weighted by Crippen LogP contribution is -2.29. The van der Waals surface area contributed by atoms with Gasteiger partial charge in [0.05, 0.1) is 5.92 Å². The van der Waals surface area contributed by atoms with E-state index in [2.05, 4.69) is 22.4 Å². The summed E-state index contributed by atoms with van der Waals surface area (Å²) in [4.78, 5) is 41.0. The van der Waals surface area contributed by atoms with Gasteiger partial charge in [-0.3, -0.25) is 14.4 Å². The van der Waals surface area contributed by atoms with Crippen molar-refractivity contribution in [2.24, 2.45) is 5.92 Å². The predicted octanol–water partition coefficient (Wildman–Crippen LogP) is 1.86. The van der Waals surface area contributed by atoms with E-state index in [4.69, 9.17) is 0 Å². The largest absolute Gasteiger partial charge is 0.366 e. The van der Waals surface area contributed by atoms with Crippen molar-refractivity contribution < 1.29 is 9.59 Å². The summed E-state index contributed by atoms with van der Waals surface area (Å²) in [5.74, 6) is -0.811. The van der Waals surface area contributed by atoms with E-state index in [1.807, 2.05) is 6.07 Å². The minimum Gasteiger partial charge on any atom is -0.366 e. The summed E-state index contributed by atoms with van der Waals surface area (Å²) in [5, 5.41) is 2.62. The van der Waals surface area contributed by atoms with Crippen LogP contribution in [0.3, 0.4) is 0 Å². The van der Waals surface area contributed by atoms with Gasteiger partial charge in [-0.15, -0.1) is 0 Å². The van der Waals surface area contributed by atoms with Crippen LogP contribution in [0.1, 0.15) is 24.0 Å². The summed E-state index contributed by atoms with van der Waals surface area (Å²) < 4.78 is 0. The van der Waals surface area contributed by atoms with Gasteiger partial charge in [-0.2, -0.15) is 0 Å². The highest BCUT2D eigenvalue weighted by atomic mass is 16.2. The third kappa shape index (κ3) is 2.95. The van der Waals surface area contributed by atoms with Gasteiger partial charge in [0, 0.05) is 37.1 Å². The molecule has 2 heterocycles. The van der Waals surface area contributed by atoms with Crippen molar-refractivity contribution in [1.29, 1.82) is 0 Å². The highest BCUT2D eigenvalue weighted by Gasteiger charge is 2.35. The SMILES string of the molecule is O=C(Nc1c[nH]ccc1=O)[C@@H]1CC(=O)N(c2ccc3c(c2)CCC3)C1. The van der Waals surface area contributed by atoms with Crippen molar-refractivity contribution in [3.05, 3.63) is 58.0 Å². The minimum absolute atomic E-state index is 0.0555. The Morgan fingerprint density at radius 1 is 1.16 bits per heavy atom. The molecule has 0 saturated carbocycles. The van der Waals surface area contributed by atoms with Crippen molar-refractivity contribution in [3.8, 4) is 0 Å². The fourth-order valence-electron chi connectivity index (χ4n) is 3.61. The first-order valence-corrected chi connectivity index (χ1v) is 8.52. The second kappa shape index (κ2) is 6.20. The monoisotopic (exact) mass is 337 g/mol. The molecule has 2 N–H and O–H groups in total. The van der Waals surface area contributed by atoms with E-state index in [1.54, 1.807) is 4.90 Å². The predicted molar refractivity (Wildman–Crippen MR) is 94.6 cm³/mol. The van der Waals surface area contributed by atoms with E-state index in [-0.39, 0.29) is 29.4 Å². The molecule has 1 aliphatic heterocycles. The number of aromatic amines is 1. The number of aromatic nitrogens is 1. The molecule has 2 amide bonds. The lowest BCUT2D eigenvalue weighted by atomic mass is 10.1. The number of nitrogens with one attached hydrogen (secondary N) is 2. The van der Waals surface area contributed by atoms with Crippen molar-refractivity contribution in [2.75, 3.05) is 16.8 Å². The van der Waals surface area contributed by atoms with E-state index < -0.39 is 5.92 Å². The van der Waals surface area contributed by atoms with Gasteiger partial charge in [-0.05, 0) is 42.5 Å².